The van der Waals surface area contributed by atoms with E-state index in [0.29, 0.717) is 0 Å². The second kappa shape index (κ2) is 4.64. The second-order valence-electron chi connectivity index (χ2n) is 5.30. The lowest BCUT2D eigenvalue weighted by atomic mass is 9.90. The molecule has 2 aromatic carbocycles. The van der Waals surface area contributed by atoms with E-state index < -0.39 is 0 Å². The van der Waals surface area contributed by atoms with Crippen LogP contribution in [-0.2, 0) is 6.42 Å². The van der Waals surface area contributed by atoms with Gasteiger partial charge in [0, 0.05) is 10.0 Å². The molecule has 1 aliphatic rings. The molecule has 0 spiro atoms. The molecule has 0 saturated heterocycles. The van der Waals surface area contributed by atoms with Crippen molar-refractivity contribution in [3.8, 4) is 11.1 Å². The molecule has 0 bridgehead atoms. The predicted octanol–water partition coefficient (Wildman–Crippen LogP) is 5.69. The van der Waals surface area contributed by atoms with Gasteiger partial charge >= 0.3 is 0 Å². The molecular formula is C18H17Br. The third kappa shape index (κ3) is 1.97. The average Bonchev–Trinajstić information content (AvgIpc) is 2.76. The number of rotatable bonds is 1. The van der Waals surface area contributed by atoms with Gasteiger partial charge in [-0.2, -0.15) is 0 Å². The third-order valence-corrected chi connectivity index (χ3v) is 4.80. The molecule has 0 aromatic heterocycles. The maximum atomic E-state index is 3.75. The van der Waals surface area contributed by atoms with Gasteiger partial charge in [0.25, 0.3) is 0 Å². The van der Waals surface area contributed by atoms with Gasteiger partial charge in [0.1, 0.15) is 0 Å². The summed E-state index contributed by atoms with van der Waals surface area (Å²) in [5.41, 5.74) is 9.67. The molecule has 0 amide bonds. The Morgan fingerprint density at radius 2 is 1.74 bits per heavy atom. The smallest absolute Gasteiger partial charge is 0.0260 e. The number of aryl methyl sites for hydroxylation is 1. The lowest BCUT2D eigenvalue weighted by molar-refractivity contribution is 1.29. The van der Waals surface area contributed by atoms with E-state index in [4.69, 9.17) is 0 Å². The van der Waals surface area contributed by atoms with E-state index in [0.717, 1.165) is 6.42 Å². The summed E-state index contributed by atoms with van der Waals surface area (Å²) in [4.78, 5) is 0. The SMILES string of the molecule is CC1=CCc2ccc(Br)c(-c3cccc(C)c3C)c21. The lowest BCUT2D eigenvalue weighted by Gasteiger charge is -2.16. The minimum atomic E-state index is 1.06. The van der Waals surface area contributed by atoms with Crippen molar-refractivity contribution in [1.29, 1.82) is 0 Å². The van der Waals surface area contributed by atoms with E-state index in [9.17, 15) is 0 Å². The van der Waals surface area contributed by atoms with E-state index in [1.165, 1.54) is 43.4 Å². The summed E-state index contributed by atoms with van der Waals surface area (Å²) >= 11 is 3.75. The summed E-state index contributed by atoms with van der Waals surface area (Å²) in [7, 11) is 0. The minimum Gasteiger partial charge on any atom is -0.0765 e. The molecule has 0 radical (unpaired) electrons. The lowest BCUT2D eigenvalue weighted by Crippen LogP contribution is -1.94. The third-order valence-electron chi connectivity index (χ3n) is 4.14. The maximum Gasteiger partial charge on any atom is 0.0260 e. The van der Waals surface area contributed by atoms with Crippen LogP contribution in [0.25, 0.3) is 16.7 Å². The fourth-order valence-corrected chi connectivity index (χ4v) is 3.44. The van der Waals surface area contributed by atoms with Crippen molar-refractivity contribution < 1.29 is 0 Å². The molecule has 96 valence electrons. The van der Waals surface area contributed by atoms with Gasteiger partial charge in [-0.3, -0.25) is 0 Å². The quantitative estimate of drug-likeness (QED) is 0.634. The largest absolute Gasteiger partial charge is 0.0765 e. The molecule has 2 aromatic rings. The van der Waals surface area contributed by atoms with E-state index in [1.54, 1.807) is 0 Å². The van der Waals surface area contributed by atoms with Crippen molar-refractivity contribution in [2.75, 3.05) is 0 Å². The maximum absolute atomic E-state index is 3.75. The van der Waals surface area contributed by atoms with Gasteiger partial charge in [-0.25, -0.2) is 0 Å². The summed E-state index contributed by atoms with van der Waals surface area (Å²) in [6, 6.07) is 11.0. The fraction of sp³-hybridized carbons (Fsp3) is 0.222. The van der Waals surface area contributed by atoms with Crippen LogP contribution in [0.15, 0.2) is 40.9 Å². The number of fused-ring (bicyclic) bond motifs is 1. The number of hydrogen-bond donors (Lipinski definition) is 0. The van der Waals surface area contributed by atoms with E-state index >= 15 is 0 Å². The van der Waals surface area contributed by atoms with Crippen molar-refractivity contribution in [3.63, 3.8) is 0 Å². The van der Waals surface area contributed by atoms with Crippen molar-refractivity contribution in [3.05, 3.63) is 63.1 Å². The van der Waals surface area contributed by atoms with Crippen molar-refractivity contribution in [2.24, 2.45) is 0 Å². The monoisotopic (exact) mass is 312 g/mol. The Kier molecular flexibility index (Phi) is 3.10. The fourth-order valence-electron chi connectivity index (χ4n) is 2.89. The van der Waals surface area contributed by atoms with Crippen LogP contribution in [0.2, 0.25) is 0 Å². The summed E-state index contributed by atoms with van der Waals surface area (Å²) < 4.78 is 1.19. The summed E-state index contributed by atoms with van der Waals surface area (Å²) in [5.74, 6) is 0. The zero-order chi connectivity index (χ0) is 13.6. The molecule has 1 heteroatoms. The van der Waals surface area contributed by atoms with Gasteiger partial charge in [0.15, 0.2) is 0 Å². The summed E-state index contributed by atoms with van der Waals surface area (Å²) in [6.07, 6.45) is 3.39. The highest BCUT2D eigenvalue weighted by Crippen LogP contribution is 2.42. The van der Waals surface area contributed by atoms with Crippen LogP contribution in [-0.4, -0.2) is 0 Å². The van der Waals surface area contributed by atoms with Crippen molar-refractivity contribution in [2.45, 2.75) is 27.2 Å². The van der Waals surface area contributed by atoms with Crippen LogP contribution < -0.4 is 0 Å². The van der Waals surface area contributed by atoms with Crippen molar-refractivity contribution in [1.82, 2.24) is 0 Å². The van der Waals surface area contributed by atoms with Gasteiger partial charge in [-0.1, -0.05) is 46.3 Å². The predicted molar refractivity (Wildman–Crippen MR) is 86.4 cm³/mol. The highest BCUT2D eigenvalue weighted by atomic mass is 79.9. The molecule has 0 atom stereocenters. The van der Waals surface area contributed by atoms with Crippen LogP contribution in [0.3, 0.4) is 0 Å². The first-order valence-electron chi connectivity index (χ1n) is 6.64. The van der Waals surface area contributed by atoms with Crippen molar-refractivity contribution >= 4 is 21.5 Å². The van der Waals surface area contributed by atoms with E-state index in [-0.39, 0.29) is 0 Å². The van der Waals surface area contributed by atoms with Gasteiger partial charge in [0.05, 0.1) is 0 Å². The Hall–Kier alpha value is -1.34. The molecule has 0 fully saturated rings. The first-order chi connectivity index (χ1) is 9.09. The number of allylic oxidation sites excluding steroid dienone is 2. The molecule has 0 heterocycles. The normalized spacial score (nSPS) is 13.4. The molecule has 1 aliphatic carbocycles. The van der Waals surface area contributed by atoms with E-state index in [2.05, 4.69) is 73.1 Å². The van der Waals surface area contributed by atoms with Gasteiger partial charge < -0.3 is 0 Å². The van der Waals surface area contributed by atoms with Crippen LogP contribution in [0, 0.1) is 13.8 Å². The van der Waals surface area contributed by atoms with Gasteiger partial charge in [-0.15, -0.1) is 0 Å². The minimum absolute atomic E-state index is 1.06. The zero-order valence-corrected chi connectivity index (χ0v) is 13.1. The topological polar surface area (TPSA) is 0 Å². The molecule has 3 rings (SSSR count). The Labute approximate surface area is 123 Å². The molecule has 0 aliphatic heterocycles. The highest BCUT2D eigenvalue weighted by molar-refractivity contribution is 9.10. The first kappa shape index (κ1) is 12.7. The molecular weight excluding hydrogens is 296 g/mol. The average molecular weight is 313 g/mol. The first-order valence-corrected chi connectivity index (χ1v) is 7.44. The highest BCUT2D eigenvalue weighted by Gasteiger charge is 2.19. The van der Waals surface area contributed by atoms with Gasteiger partial charge in [0.2, 0.25) is 0 Å². The Morgan fingerprint density at radius 1 is 0.947 bits per heavy atom. The number of halogens is 1. The molecule has 0 unspecified atom stereocenters. The molecule has 0 N–H and O–H groups in total. The zero-order valence-electron chi connectivity index (χ0n) is 11.5. The van der Waals surface area contributed by atoms with E-state index in [1.807, 2.05) is 0 Å². The molecule has 0 nitrogen and oxygen atoms in total. The van der Waals surface area contributed by atoms with Crippen LogP contribution in [0.1, 0.15) is 29.2 Å². The van der Waals surface area contributed by atoms with Gasteiger partial charge in [-0.05, 0) is 66.6 Å². The molecule has 19 heavy (non-hydrogen) atoms. The van der Waals surface area contributed by atoms with Crippen LogP contribution >= 0.6 is 15.9 Å². The second-order valence-corrected chi connectivity index (χ2v) is 6.15. The molecule has 0 saturated carbocycles. The standard InChI is InChI=1S/C18H17Br/c1-11-5-4-6-15(13(11)3)18-16(19)10-9-14-8-7-12(2)17(14)18/h4-7,9-10H,8H2,1-3H3. The number of benzene rings is 2. The summed E-state index contributed by atoms with van der Waals surface area (Å²) in [6.45, 7) is 6.61. The Morgan fingerprint density at radius 3 is 2.53 bits per heavy atom. The summed E-state index contributed by atoms with van der Waals surface area (Å²) in [5, 5.41) is 0. The van der Waals surface area contributed by atoms with Crippen LogP contribution in [0.5, 0.6) is 0 Å². The Balaban J connectivity index is 2.35. The Bertz CT molecular complexity index is 693. The van der Waals surface area contributed by atoms with Crippen LogP contribution in [0.4, 0.5) is 0 Å². The number of hydrogen-bond acceptors (Lipinski definition) is 0.